The molecular weight excluding hydrogens is 296 g/mol. The van der Waals surface area contributed by atoms with Crippen LogP contribution in [0.1, 0.15) is 29.4 Å². The fraction of sp³-hybridized carbons (Fsp3) is 0.312. The van der Waals surface area contributed by atoms with E-state index in [4.69, 9.17) is 8.94 Å². The summed E-state index contributed by atoms with van der Waals surface area (Å²) in [6, 6.07) is 5.42. The molecule has 0 aromatic carbocycles. The Morgan fingerprint density at radius 2 is 2.30 bits per heavy atom. The van der Waals surface area contributed by atoms with Crippen molar-refractivity contribution in [3.8, 4) is 11.5 Å². The summed E-state index contributed by atoms with van der Waals surface area (Å²) in [5, 5.41) is 3.89. The maximum atomic E-state index is 12.6. The van der Waals surface area contributed by atoms with Crippen LogP contribution in [0.15, 0.2) is 52.1 Å². The van der Waals surface area contributed by atoms with Crippen LogP contribution < -0.4 is 0 Å². The molecule has 0 radical (unpaired) electrons. The molecule has 1 aliphatic rings. The molecule has 3 aromatic heterocycles. The van der Waals surface area contributed by atoms with Gasteiger partial charge in [-0.1, -0.05) is 5.16 Å². The van der Waals surface area contributed by atoms with Crippen LogP contribution in [-0.2, 0) is 0 Å². The summed E-state index contributed by atoms with van der Waals surface area (Å²) in [4.78, 5) is 18.5. The third-order valence-corrected chi connectivity index (χ3v) is 4.12. The monoisotopic (exact) mass is 312 g/mol. The standard InChI is InChI=1S/C16H16N4O3/c21-16(13-9-15(23-18-13)14-4-2-8-22-14)19-6-1-3-12(10-19)20-7-5-17-11-20/h2,4-5,7-9,11-12H,1,3,6,10H2. The summed E-state index contributed by atoms with van der Waals surface area (Å²) < 4.78 is 12.5. The third kappa shape index (κ3) is 2.65. The maximum absolute atomic E-state index is 12.6. The molecule has 1 atom stereocenters. The number of imidazole rings is 1. The van der Waals surface area contributed by atoms with Crippen LogP contribution in [0.5, 0.6) is 0 Å². The van der Waals surface area contributed by atoms with Crippen LogP contribution in [-0.4, -0.2) is 38.6 Å². The van der Waals surface area contributed by atoms with E-state index in [0.29, 0.717) is 23.8 Å². The molecule has 3 aromatic rings. The summed E-state index contributed by atoms with van der Waals surface area (Å²) >= 11 is 0. The lowest BCUT2D eigenvalue weighted by Crippen LogP contribution is -2.40. The zero-order valence-corrected chi connectivity index (χ0v) is 12.5. The SMILES string of the molecule is O=C(c1cc(-c2ccco2)on1)N1CCCC(n2ccnc2)C1. The molecule has 1 fully saturated rings. The van der Waals surface area contributed by atoms with Gasteiger partial charge in [0.05, 0.1) is 18.6 Å². The highest BCUT2D eigenvalue weighted by atomic mass is 16.5. The van der Waals surface area contributed by atoms with Crippen molar-refractivity contribution in [3.63, 3.8) is 0 Å². The molecular formula is C16H16N4O3. The maximum Gasteiger partial charge on any atom is 0.276 e. The molecule has 0 spiro atoms. The van der Waals surface area contributed by atoms with Gasteiger partial charge in [-0.3, -0.25) is 4.79 Å². The first kappa shape index (κ1) is 13.8. The average molecular weight is 312 g/mol. The van der Waals surface area contributed by atoms with Crippen molar-refractivity contribution in [2.75, 3.05) is 13.1 Å². The van der Waals surface area contributed by atoms with Crippen molar-refractivity contribution in [2.45, 2.75) is 18.9 Å². The first-order chi connectivity index (χ1) is 11.3. The van der Waals surface area contributed by atoms with E-state index < -0.39 is 0 Å². The van der Waals surface area contributed by atoms with Gasteiger partial charge in [-0.2, -0.15) is 0 Å². The summed E-state index contributed by atoms with van der Waals surface area (Å²) in [6.07, 6.45) is 9.04. The molecule has 0 bridgehead atoms. The second-order valence-electron chi connectivity index (χ2n) is 5.61. The van der Waals surface area contributed by atoms with Gasteiger partial charge < -0.3 is 18.4 Å². The van der Waals surface area contributed by atoms with Gasteiger partial charge in [0.15, 0.2) is 11.5 Å². The number of aromatic nitrogens is 3. The number of carbonyl (C=O) groups is 1. The number of rotatable bonds is 3. The largest absolute Gasteiger partial charge is 0.461 e. The summed E-state index contributed by atoms with van der Waals surface area (Å²) in [7, 11) is 0. The van der Waals surface area contributed by atoms with Gasteiger partial charge in [0, 0.05) is 31.5 Å². The summed E-state index contributed by atoms with van der Waals surface area (Å²) in [6.45, 7) is 1.38. The molecule has 1 saturated heterocycles. The van der Waals surface area contributed by atoms with E-state index in [1.165, 1.54) is 0 Å². The Hall–Kier alpha value is -2.83. The topological polar surface area (TPSA) is 77.3 Å². The van der Waals surface area contributed by atoms with Gasteiger partial charge in [-0.05, 0) is 25.0 Å². The predicted molar refractivity (Wildman–Crippen MR) is 80.6 cm³/mol. The quantitative estimate of drug-likeness (QED) is 0.743. The number of likely N-dealkylation sites (tertiary alicyclic amines) is 1. The molecule has 118 valence electrons. The Morgan fingerprint density at radius 1 is 1.35 bits per heavy atom. The van der Waals surface area contributed by atoms with Crippen LogP contribution in [0.2, 0.25) is 0 Å². The van der Waals surface area contributed by atoms with Crippen LogP contribution in [0.3, 0.4) is 0 Å². The number of nitrogens with zero attached hydrogens (tertiary/aromatic N) is 4. The van der Waals surface area contributed by atoms with E-state index in [2.05, 4.69) is 14.7 Å². The van der Waals surface area contributed by atoms with Gasteiger partial charge in [-0.25, -0.2) is 4.98 Å². The van der Waals surface area contributed by atoms with E-state index in [1.54, 1.807) is 37.0 Å². The van der Waals surface area contributed by atoms with Gasteiger partial charge in [-0.15, -0.1) is 0 Å². The highest BCUT2D eigenvalue weighted by Crippen LogP contribution is 2.24. The van der Waals surface area contributed by atoms with Crippen molar-refractivity contribution < 1.29 is 13.7 Å². The third-order valence-electron chi connectivity index (χ3n) is 4.12. The molecule has 1 aliphatic heterocycles. The fourth-order valence-corrected chi connectivity index (χ4v) is 2.94. The molecule has 4 rings (SSSR count). The summed E-state index contributed by atoms with van der Waals surface area (Å²) in [5.41, 5.74) is 0.308. The molecule has 23 heavy (non-hydrogen) atoms. The molecule has 0 aliphatic carbocycles. The van der Waals surface area contributed by atoms with Crippen molar-refractivity contribution in [3.05, 3.63) is 48.9 Å². The van der Waals surface area contributed by atoms with Gasteiger partial charge in [0.2, 0.25) is 5.76 Å². The zero-order chi connectivity index (χ0) is 15.6. The number of hydrogen-bond donors (Lipinski definition) is 0. The first-order valence-electron chi connectivity index (χ1n) is 7.58. The van der Waals surface area contributed by atoms with Gasteiger partial charge >= 0.3 is 0 Å². The number of carbonyl (C=O) groups excluding carboxylic acids is 1. The van der Waals surface area contributed by atoms with Crippen molar-refractivity contribution in [2.24, 2.45) is 0 Å². The van der Waals surface area contributed by atoms with Gasteiger partial charge in [0.25, 0.3) is 5.91 Å². The highest BCUT2D eigenvalue weighted by molar-refractivity contribution is 5.93. The van der Waals surface area contributed by atoms with Crippen molar-refractivity contribution >= 4 is 5.91 Å². The number of hydrogen-bond acceptors (Lipinski definition) is 5. The second kappa shape index (κ2) is 5.75. The van der Waals surface area contributed by atoms with Crippen LogP contribution >= 0.6 is 0 Å². The Bertz CT molecular complexity index is 776. The minimum Gasteiger partial charge on any atom is -0.461 e. The second-order valence-corrected chi connectivity index (χ2v) is 5.61. The Balaban J connectivity index is 1.50. The molecule has 0 N–H and O–H groups in total. The first-order valence-corrected chi connectivity index (χ1v) is 7.58. The lowest BCUT2D eigenvalue weighted by Gasteiger charge is -2.32. The zero-order valence-electron chi connectivity index (χ0n) is 12.5. The van der Waals surface area contributed by atoms with E-state index in [1.807, 2.05) is 11.1 Å². The number of piperidine rings is 1. The lowest BCUT2D eigenvalue weighted by atomic mass is 10.1. The predicted octanol–water partition coefficient (Wildman–Crippen LogP) is 2.61. The average Bonchev–Trinajstić information content (AvgIpc) is 3.36. The highest BCUT2D eigenvalue weighted by Gasteiger charge is 2.27. The molecule has 1 unspecified atom stereocenters. The molecule has 7 heteroatoms. The van der Waals surface area contributed by atoms with Crippen molar-refractivity contribution in [1.82, 2.24) is 19.6 Å². The number of furan rings is 1. The lowest BCUT2D eigenvalue weighted by molar-refractivity contribution is 0.0669. The Morgan fingerprint density at radius 3 is 3.09 bits per heavy atom. The molecule has 1 amide bonds. The minimum atomic E-state index is -0.114. The van der Waals surface area contributed by atoms with Gasteiger partial charge in [0.1, 0.15) is 0 Å². The number of amides is 1. The van der Waals surface area contributed by atoms with Crippen LogP contribution in [0, 0.1) is 0 Å². The Labute approximate surface area is 132 Å². The van der Waals surface area contributed by atoms with E-state index in [0.717, 1.165) is 19.4 Å². The summed E-state index contributed by atoms with van der Waals surface area (Å²) in [5.74, 6) is 0.907. The normalized spacial score (nSPS) is 18.3. The smallest absolute Gasteiger partial charge is 0.276 e. The Kier molecular flexibility index (Phi) is 3.45. The van der Waals surface area contributed by atoms with Crippen LogP contribution in [0.4, 0.5) is 0 Å². The fourth-order valence-electron chi connectivity index (χ4n) is 2.94. The molecule has 7 nitrogen and oxygen atoms in total. The van der Waals surface area contributed by atoms with E-state index in [9.17, 15) is 4.79 Å². The molecule has 4 heterocycles. The molecule has 0 saturated carbocycles. The van der Waals surface area contributed by atoms with E-state index >= 15 is 0 Å². The minimum absolute atomic E-state index is 0.114. The van der Waals surface area contributed by atoms with Crippen LogP contribution in [0.25, 0.3) is 11.5 Å². The van der Waals surface area contributed by atoms with Crippen molar-refractivity contribution in [1.29, 1.82) is 0 Å². The van der Waals surface area contributed by atoms with E-state index in [-0.39, 0.29) is 11.9 Å².